The zero-order valence-electron chi connectivity index (χ0n) is 10.7. The molecule has 3 aromatic rings. The smallest absolute Gasteiger partial charge is 0.230 e. The van der Waals surface area contributed by atoms with Crippen molar-refractivity contribution in [3.8, 4) is 11.5 Å². The van der Waals surface area contributed by atoms with Gasteiger partial charge in [0.2, 0.25) is 11.7 Å². The average Bonchev–Trinajstić information content (AvgIpc) is 3.18. The first-order valence-electron chi connectivity index (χ1n) is 6.57. The van der Waals surface area contributed by atoms with E-state index in [4.69, 9.17) is 4.52 Å². The van der Waals surface area contributed by atoms with Gasteiger partial charge in [0, 0.05) is 24.5 Å². The summed E-state index contributed by atoms with van der Waals surface area (Å²) in [6.07, 6.45) is 6.45. The zero-order valence-corrected chi connectivity index (χ0v) is 10.7. The maximum absolute atomic E-state index is 5.37. The van der Waals surface area contributed by atoms with E-state index in [1.165, 1.54) is 5.56 Å². The normalized spacial score (nSPS) is 20.8. The van der Waals surface area contributed by atoms with Crippen LogP contribution in [0.4, 0.5) is 0 Å². The molecular weight excluding hydrogens is 252 g/mol. The SMILES string of the molecule is c1ccc(-c2noc([C@H]3C[C@H]3c3cccnc3)n2)nc1. The second-order valence-corrected chi connectivity index (χ2v) is 4.91. The Kier molecular flexibility index (Phi) is 2.55. The maximum atomic E-state index is 5.37. The van der Waals surface area contributed by atoms with Crippen LogP contribution in [0.2, 0.25) is 0 Å². The lowest BCUT2D eigenvalue weighted by Crippen LogP contribution is -1.87. The number of hydrogen-bond donors (Lipinski definition) is 0. The van der Waals surface area contributed by atoms with Gasteiger partial charge >= 0.3 is 0 Å². The summed E-state index contributed by atoms with van der Waals surface area (Å²) in [4.78, 5) is 12.8. The van der Waals surface area contributed by atoms with Crippen molar-refractivity contribution in [2.24, 2.45) is 0 Å². The van der Waals surface area contributed by atoms with Crippen LogP contribution in [-0.2, 0) is 0 Å². The van der Waals surface area contributed by atoms with E-state index in [1.807, 2.05) is 30.5 Å². The number of aromatic nitrogens is 4. The van der Waals surface area contributed by atoms with Gasteiger partial charge in [0.15, 0.2) is 0 Å². The lowest BCUT2D eigenvalue weighted by Gasteiger charge is -1.95. The van der Waals surface area contributed by atoms with E-state index in [1.54, 1.807) is 12.4 Å². The Balaban J connectivity index is 1.56. The molecular formula is C15H12N4O. The van der Waals surface area contributed by atoms with Gasteiger partial charge in [0.25, 0.3) is 0 Å². The van der Waals surface area contributed by atoms with Crippen molar-refractivity contribution >= 4 is 0 Å². The first kappa shape index (κ1) is 11.3. The molecule has 5 heteroatoms. The molecule has 0 bridgehead atoms. The summed E-state index contributed by atoms with van der Waals surface area (Å²) >= 11 is 0. The summed E-state index contributed by atoms with van der Waals surface area (Å²) in [6.45, 7) is 0. The molecule has 4 rings (SSSR count). The lowest BCUT2D eigenvalue weighted by atomic mass is 10.1. The average molecular weight is 264 g/mol. The zero-order chi connectivity index (χ0) is 13.4. The highest BCUT2D eigenvalue weighted by molar-refractivity contribution is 5.47. The summed E-state index contributed by atoms with van der Waals surface area (Å²) in [5.74, 6) is 2.00. The van der Waals surface area contributed by atoms with Crippen LogP contribution in [-0.4, -0.2) is 20.1 Å². The van der Waals surface area contributed by atoms with Crippen LogP contribution in [0.1, 0.15) is 29.7 Å². The van der Waals surface area contributed by atoms with Crippen molar-refractivity contribution in [1.29, 1.82) is 0 Å². The van der Waals surface area contributed by atoms with Crippen LogP contribution in [0.15, 0.2) is 53.4 Å². The van der Waals surface area contributed by atoms with E-state index in [-0.39, 0.29) is 0 Å². The van der Waals surface area contributed by atoms with Crippen LogP contribution in [0.3, 0.4) is 0 Å². The highest BCUT2D eigenvalue weighted by Crippen LogP contribution is 2.53. The lowest BCUT2D eigenvalue weighted by molar-refractivity contribution is 0.378. The van der Waals surface area contributed by atoms with Crippen molar-refractivity contribution < 1.29 is 4.52 Å². The molecule has 98 valence electrons. The van der Waals surface area contributed by atoms with Crippen molar-refractivity contribution in [2.45, 2.75) is 18.3 Å². The first-order chi connectivity index (χ1) is 9.92. The molecule has 2 atom stereocenters. The Bertz CT molecular complexity index is 711. The van der Waals surface area contributed by atoms with Gasteiger partial charge in [-0.25, -0.2) is 0 Å². The third kappa shape index (κ3) is 1.97. The van der Waals surface area contributed by atoms with Gasteiger partial charge in [0.05, 0.1) is 0 Å². The second kappa shape index (κ2) is 4.52. The monoisotopic (exact) mass is 264 g/mol. The Hall–Kier alpha value is -2.56. The highest BCUT2D eigenvalue weighted by atomic mass is 16.5. The highest BCUT2D eigenvalue weighted by Gasteiger charge is 2.43. The van der Waals surface area contributed by atoms with Crippen LogP contribution < -0.4 is 0 Å². The summed E-state index contributed by atoms with van der Waals surface area (Å²) in [5.41, 5.74) is 1.97. The molecule has 0 aromatic carbocycles. The molecule has 0 spiro atoms. The number of pyridine rings is 2. The fourth-order valence-electron chi connectivity index (χ4n) is 2.42. The number of hydrogen-bond acceptors (Lipinski definition) is 5. The summed E-state index contributed by atoms with van der Waals surface area (Å²) < 4.78 is 5.37. The fourth-order valence-corrected chi connectivity index (χ4v) is 2.42. The molecule has 3 aromatic heterocycles. The van der Waals surface area contributed by atoms with Crippen molar-refractivity contribution in [1.82, 2.24) is 20.1 Å². The van der Waals surface area contributed by atoms with E-state index in [2.05, 4.69) is 26.2 Å². The van der Waals surface area contributed by atoms with Gasteiger partial charge in [-0.05, 0) is 36.1 Å². The molecule has 0 radical (unpaired) electrons. The third-order valence-corrected chi connectivity index (χ3v) is 3.56. The molecule has 1 fully saturated rings. The number of nitrogens with zero attached hydrogens (tertiary/aromatic N) is 4. The maximum Gasteiger partial charge on any atom is 0.230 e. The van der Waals surface area contributed by atoms with Crippen LogP contribution in [0.25, 0.3) is 11.5 Å². The van der Waals surface area contributed by atoms with E-state index in [9.17, 15) is 0 Å². The van der Waals surface area contributed by atoms with E-state index < -0.39 is 0 Å². The van der Waals surface area contributed by atoms with E-state index >= 15 is 0 Å². The van der Waals surface area contributed by atoms with E-state index in [0.717, 1.165) is 12.1 Å². The third-order valence-electron chi connectivity index (χ3n) is 3.56. The van der Waals surface area contributed by atoms with Crippen LogP contribution in [0, 0.1) is 0 Å². The molecule has 0 saturated heterocycles. The molecule has 0 unspecified atom stereocenters. The van der Waals surface area contributed by atoms with E-state index in [0.29, 0.717) is 23.6 Å². The Morgan fingerprint density at radius 1 is 1.05 bits per heavy atom. The van der Waals surface area contributed by atoms with Crippen LogP contribution in [0.5, 0.6) is 0 Å². The fraction of sp³-hybridized carbons (Fsp3) is 0.200. The topological polar surface area (TPSA) is 64.7 Å². The standard InChI is InChI=1S/C15H12N4O/c1-2-7-17-13(5-1)14-18-15(20-19-14)12-8-11(12)10-4-3-6-16-9-10/h1-7,9,11-12H,8H2/t11-,12-/m0/s1. The minimum Gasteiger partial charge on any atom is -0.339 e. The molecule has 0 N–H and O–H groups in total. The minimum absolute atomic E-state index is 0.309. The molecule has 0 aliphatic heterocycles. The quantitative estimate of drug-likeness (QED) is 0.727. The van der Waals surface area contributed by atoms with Gasteiger partial charge in [-0.2, -0.15) is 4.98 Å². The largest absolute Gasteiger partial charge is 0.339 e. The second-order valence-electron chi connectivity index (χ2n) is 4.91. The molecule has 1 aliphatic carbocycles. The molecule has 1 saturated carbocycles. The first-order valence-corrected chi connectivity index (χ1v) is 6.57. The predicted octanol–water partition coefficient (Wildman–Crippen LogP) is 2.80. The molecule has 0 amide bonds. The molecule has 5 nitrogen and oxygen atoms in total. The summed E-state index contributed by atoms with van der Waals surface area (Å²) in [6, 6.07) is 9.70. The molecule has 1 aliphatic rings. The van der Waals surface area contributed by atoms with Gasteiger partial charge in [-0.1, -0.05) is 17.3 Å². The number of rotatable bonds is 3. The molecule has 20 heavy (non-hydrogen) atoms. The van der Waals surface area contributed by atoms with Gasteiger partial charge < -0.3 is 4.52 Å². The molecule has 3 heterocycles. The summed E-state index contributed by atoms with van der Waals surface area (Å²) in [5, 5.41) is 4.01. The minimum atomic E-state index is 0.309. The van der Waals surface area contributed by atoms with Crippen molar-refractivity contribution in [2.75, 3.05) is 0 Å². The Morgan fingerprint density at radius 3 is 2.85 bits per heavy atom. The Labute approximate surface area is 115 Å². The van der Waals surface area contributed by atoms with Crippen LogP contribution >= 0.6 is 0 Å². The van der Waals surface area contributed by atoms with Gasteiger partial charge in [0.1, 0.15) is 5.69 Å². The predicted molar refractivity (Wildman–Crippen MR) is 71.9 cm³/mol. The Morgan fingerprint density at radius 2 is 2.05 bits per heavy atom. The summed E-state index contributed by atoms with van der Waals surface area (Å²) in [7, 11) is 0. The van der Waals surface area contributed by atoms with Gasteiger partial charge in [-0.3, -0.25) is 9.97 Å². The van der Waals surface area contributed by atoms with Crippen molar-refractivity contribution in [3.63, 3.8) is 0 Å². The van der Waals surface area contributed by atoms with Crippen molar-refractivity contribution in [3.05, 3.63) is 60.4 Å². The van der Waals surface area contributed by atoms with Gasteiger partial charge in [-0.15, -0.1) is 0 Å².